The molecule has 0 bridgehead atoms. The van der Waals surface area contributed by atoms with Crippen LogP contribution in [0.15, 0.2) is 41.1 Å². The van der Waals surface area contributed by atoms with Crippen molar-refractivity contribution in [2.24, 2.45) is 0 Å². The first-order chi connectivity index (χ1) is 6.34. The highest BCUT2D eigenvalue weighted by molar-refractivity contribution is 5.27. The maximum Gasteiger partial charge on any atom is 0.399 e. The Balaban J connectivity index is 2.15. The molecule has 0 aliphatic heterocycles. The Morgan fingerprint density at radius 2 is 2.00 bits per heavy atom. The average Bonchev–Trinajstić information content (AvgIpc) is 2.62. The van der Waals surface area contributed by atoms with E-state index < -0.39 is 0 Å². The average molecular weight is 175 g/mol. The zero-order valence-corrected chi connectivity index (χ0v) is 7.23. The molecule has 13 heavy (non-hydrogen) atoms. The molecular weight excluding hydrogens is 166 g/mol. The van der Waals surface area contributed by atoms with Gasteiger partial charge in [-0.1, -0.05) is 17.7 Å². The largest absolute Gasteiger partial charge is 0.417 e. The van der Waals surface area contributed by atoms with Crippen molar-refractivity contribution in [1.82, 2.24) is 4.98 Å². The minimum atomic E-state index is 0.267. The van der Waals surface area contributed by atoms with E-state index in [1.807, 2.05) is 31.2 Å². The van der Waals surface area contributed by atoms with Crippen LogP contribution in [0.3, 0.4) is 0 Å². The molecule has 2 rings (SSSR count). The number of aromatic nitrogens is 1. The Hall–Kier alpha value is -1.77. The summed E-state index contributed by atoms with van der Waals surface area (Å²) < 4.78 is 10.2. The lowest BCUT2D eigenvalue weighted by atomic mass is 10.2. The second-order valence-corrected chi connectivity index (χ2v) is 2.71. The second kappa shape index (κ2) is 3.31. The number of rotatable bonds is 2. The van der Waals surface area contributed by atoms with Crippen LogP contribution in [0, 0.1) is 6.92 Å². The van der Waals surface area contributed by atoms with Gasteiger partial charge in [0.15, 0.2) is 0 Å². The minimum absolute atomic E-state index is 0.267. The van der Waals surface area contributed by atoms with Crippen molar-refractivity contribution >= 4 is 0 Å². The molecular formula is C10H9NO2. The number of ether oxygens (including phenoxy) is 1. The summed E-state index contributed by atoms with van der Waals surface area (Å²) in [6.07, 6.45) is 3.29. The van der Waals surface area contributed by atoms with E-state index in [9.17, 15) is 0 Å². The maximum absolute atomic E-state index is 5.30. The van der Waals surface area contributed by atoms with Gasteiger partial charge in [-0.3, -0.25) is 0 Å². The summed E-state index contributed by atoms with van der Waals surface area (Å²) in [6, 6.07) is 7.69. The SMILES string of the molecule is Cc1ccc(Oc2ncco2)cc1. The monoisotopic (exact) mass is 175 g/mol. The van der Waals surface area contributed by atoms with Crippen LogP contribution >= 0.6 is 0 Å². The van der Waals surface area contributed by atoms with Crippen molar-refractivity contribution in [3.05, 3.63) is 42.3 Å². The van der Waals surface area contributed by atoms with E-state index in [2.05, 4.69) is 4.98 Å². The molecule has 0 N–H and O–H groups in total. The molecule has 0 aliphatic carbocycles. The molecule has 0 saturated heterocycles. The first kappa shape index (κ1) is 7.86. The molecule has 0 spiro atoms. The molecule has 0 aliphatic rings. The van der Waals surface area contributed by atoms with Crippen molar-refractivity contribution < 1.29 is 9.15 Å². The number of aryl methyl sites for hydroxylation is 1. The molecule has 3 nitrogen and oxygen atoms in total. The van der Waals surface area contributed by atoms with Gasteiger partial charge in [-0.25, -0.2) is 0 Å². The molecule has 1 heterocycles. The van der Waals surface area contributed by atoms with Crippen LogP contribution < -0.4 is 4.74 Å². The van der Waals surface area contributed by atoms with Gasteiger partial charge in [0, 0.05) is 0 Å². The maximum atomic E-state index is 5.30. The fourth-order valence-corrected chi connectivity index (χ4v) is 0.968. The van der Waals surface area contributed by atoms with Crippen LogP contribution in [-0.2, 0) is 0 Å². The lowest BCUT2D eigenvalue weighted by Crippen LogP contribution is -1.83. The number of hydrogen-bond donors (Lipinski definition) is 0. The fraction of sp³-hybridized carbons (Fsp3) is 0.100. The van der Waals surface area contributed by atoms with Crippen LogP contribution in [0.2, 0.25) is 0 Å². The highest BCUT2D eigenvalue weighted by Crippen LogP contribution is 2.18. The number of benzene rings is 1. The topological polar surface area (TPSA) is 35.3 Å². The zero-order chi connectivity index (χ0) is 9.10. The Morgan fingerprint density at radius 1 is 1.23 bits per heavy atom. The van der Waals surface area contributed by atoms with Crippen LogP contribution in [-0.4, -0.2) is 4.98 Å². The molecule has 66 valence electrons. The number of hydrogen-bond acceptors (Lipinski definition) is 3. The third kappa shape index (κ3) is 1.87. The highest BCUT2D eigenvalue weighted by atomic mass is 16.6. The van der Waals surface area contributed by atoms with E-state index >= 15 is 0 Å². The van der Waals surface area contributed by atoms with Gasteiger partial charge in [0.1, 0.15) is 12.0 Å². The molecule has 2 aromatic rings. The summed E-state index contributed by atoms with van der Waals surface area (Å²) in [4.78, 5) is 3.85. The quantitative estimate of drug-likeness (QED) is 0.703. The van der Waals surface area contributed by atoms with Gasteiger partial charge in [0.05, 0.1) is 6.20 Å². The molecule has 0 atom stereocenters. The molecule has 1 aromatic carbocycles. The molecule has 0 saturated carbocycles. The summed E-state index contributed by atoms with van der Waals surface area (Å²) in [6.45, 7) is 2.02. The van der Waals surface area contributed by atoms with Crippen LogP contribution in [0.25, 0.3) is 0 Å². The van der Waals surface area contributed by atoms with E-state index in [0.29, 0.717) is 0 Å². The summed E-state index contributed by atoms with van der Waals surface area (Å²) in [5, 5.41) is 0. The molecule has 3 heteroatoms. The Kier molecular flexibility index (Phi) is 2.00. The molecule has 0 radical (unpaired) electrons. The molecule has 0 amide bonds. The third-order valence-corrected chi connectivity index (χ3v) is 1.64. The van der Waals surface area contributed by atoms with Crippen LogP contribution in [0.1, 0.15) is 5.56 Å². The fourth-order valence-electron chi connectivity index (χ4n) is 0.968. The Bertz CT molecular complexity index is 364. The highest BCUT2D eigenvalue weighted by Gasteiger charge is 1.99. The van der Waals surface area contributed by atoms with Gasteiger partial charge < -0.3 is 9.15 Å². The van der Waals surface area contributed by atoms with Crippen LogP contribution in [0.5, 0.6) is 11.8 Å². The first-order valence-corrected chi connectivity index (χ1v) is 3.98. The predicted molar refractivity (Wildman–Crippen MR) is 47.8 cm³/mol. The van der Waals surface area contributed by atoms with E-state index in [1.54, 1.807) is 6.20 Å². The van der Waals surface area contributed by atoms with E-state index in [0.717, 1.165) is 5.75 Å². The Labute approximate surface area is 76.0 Å². The summed E-state index contributed by atoms with van der Waals surface area (Å²) >= 11 is 0. The lowest BCUT2D eigenvalue weighted by Gasteiger charge is -1.99. The van der Waals surface area contributed by atoms with E-state index in [4.69, 9.17) is 9.15 Å². The summed E-state index contributed by atoms with van der Waals surface area (Å²) in [5.41, 5.74) is 1.19. The third-order valence-electron chi connectivity index (χ3n) is 1.64. The van der Waals surface area contributed by atoms with Crippen molar-refractivity contribution in [3.63, 3.8) is 0 Å². The smallest absolute Gasteiger partial charge is 0.399 e. The molecule has 1 aromatic heterocycles. The predicted octanol–water partition coefficient (Wildman–Crippen LogP) is 2.78. The van der Waals surface area contributed by atoms with Gasteiger partial charge >= 0.3 is 6.08 Å². The van der Waals surface area contributed by atoms with E-state index in [1.165, 1.54) is 11.8 Å². The standard InChI is InChI=1S/C10H9NO2/c1-8-2-4-9(5-3-8)13-10-11-6-7-12-10/h2-7H,1H3. The lowest BCUT2D eigenvalue weighted by molar-refractivity contribution is 0.330. The summed E-state index contributed by atoms with van der Waals surface area (Å²) in [5.74, 6) is 0.730. The van der Waals surface area contributed by atoms with Gasteiger partial charge in [-0.15, -0.1) is 0 Å². The molecule has 0 unspecified atom stereocenters. The van der Waals surface area contributed by atoms with Gasteiger partial charge in [-0.2, -0.15) is 4.98 Å². The van der Waals surface area contributed by atoms with Crippen LogP contribution in [0.4, 0.5) is 0 Å². The number of nitrogens with zero attached hydrogens (tertiary/aromatic N) is 1. The van der Waals surface area contributed by atoms with Crippen molar-refractivity contribution in [2.45, 2.75) is 6.92 Å². The number of oxazole rings is 1. The van der Waals surface area contributed by atoms with Crippen molar-refractivity contribution in [3.8, 4) is 11.8 Å². The zero-order valence-electron chi connectivity index (χ0n) is 7.23. The van der Waals surface area contributed by atoms with Gasteiger partial charge in [0.2, 0.25) is 0 Å². The Morgan fingerprint density at radius 3 is 2.62 bits per heavy atom. The minimum Gasteiger partial charge on any atom is -0.417 e. The van der Waals surface area contributed by atoms with E-state index in [-0.39, 0.29) is 6.08 Å². The normalized spacial score (nSPS) is 9.92. The van der Waals surface area contributed by atoms with Crippen molar-refractivity contribution in [1.29, 1.82) is 0 Å². The van der Waals surface area contributed by atoms with Gasteiger partial charge in [-0.05, 0) is 19.1 Å². The summed E-state index contributed by atoms with van der Waals surface area (Å²) in [7, 11) is 0. The van der Waals surface area contributed by atoms with Gasteiger partial charge in [0.25, 0.3) is 0 Å². The molecule has 0 fully saturated rings. The second-order valence-electron chi connectivity index (χ2n) is 2.71. The first-order valence-electron chi connectivity index (χ1n) is 3.98. The van der Waals surface area contributed by atoms with Crippen molar-refractivity contribution in [2.75, 3.05) is 0 Å².